The van der Waals surface area contributed by atoms with Crippen LogP contribution in [0.2, 0.25) is 0 Å². The van der Waals surface area contributed by atoms with Crippen LogP contribution < -0.4 is 9.47 Å². The number of methoxy groups -OCH3 is 2. The number of fused-ring (bicyclic) bond motifs is 4. The first-order valence-corrected chi connectivity index (χ1v) is 12.3. The van der Waals surface area contributed by atoms with Gasteiger partial charge in [-0.25, -0.2) is 4.79 Å². The van der Waals surface area contributed by atoms with Crippen molar-refractivity contribution in [1.82, 2.24) is 4.90 Å². The minimum atomic E-state index is -1.30. The Morgan fingerprint density at radius 2 is 1.71 bits per heavy atom. The van der Waals surface area contributed by atoms with Gasteiger partial charge in [0.05, 0.1) is 14.2 Å². The quantitative estimate of drug-likeness (QED) is 0.580. The number of hydrogen-bond acceptors (Lipinski definition) is 8. The number of carbonyl (C=O) groups excluding carboxylic acids is 1. The Balaban J connectivity index is 0.000000598. The zero-order valence-corrected chi connectivity index (χ0v) is 22.3. The molecule has 3 unspecified atom stereocenters. The van der Waals surface area contributed by atoms with Crippen LogP contribution >= 0.6 is 0 Å². The number of nitrogens with zero attached hydrogens (tertiary/aromatic N) is 1. The van der Waals surface area contributed by atoms with Crippen LogP contribution in [0.15, 0.2) is 24.0 Å². The van der Waals surface area contributed by atoms with Crippen LogP contribution in [0.4, 0.5) is 4.79 Å². The van der Waals surface area contributed by atoms with Crippen molar-refractivity contribution in [3.05, 3.63) is 35.1 Å². The lowest BCUT2D eigenvalue weighted by atomic mass is 9.87. The van der Waals surface area contributed by atoms with Crippen LogP contribution in [0, 0.1) is 0 Å². The van der Waals surface area contributed by atoms with Crippen LogP contribution in [0.1, 0.15) is 65.0 Å². The first kappa shape index (κ1) is 30.1. The number of hydrogen-bond donors (Lipinski definition) is 1. The number of rotatable bonds is 4. The van der Waals surface area contributed by atoms with Gasteiger partial charge in [0.15, 0.2) is 17.6 Å². The highest BCUT2D eigenvalue weighted by Gasteiger charge is 2.46. The van der Waals surface area contributed by atoms with E-state index in [1.807, 2.05) is 45.9 Å². The van der Waals surface area contributed by atoms with Crippen LogP contribution in [0.5, 0.6) is 11.5 Å². The Bertz CT molecular complexity index is 854. The highest BCUT2D eigenvalue weighted by atomic mass is 16.7. The van der Waals surface area contributed by atoms with Crippen molar-refractivity contribution in [1.29, 1.82) is 0 Å². The number of esters is 1. The van der Waals surface area contributed by atoms with Crippen molar-refractivity contribution in [3.63, 3.8) is 0 Å². The second-order valence-corrected chi connectivity index (χ2v) is 7.48. The van der Waals surface area contributed by atoms with Crippen molar-refractivity contribution in [2.45, 2.75) is 72.4 Å². The summed E-state index contributed by atoms with van der Waals surface area (Å²) in [5.41, 5.74) is 2.19. The average Bonchev–Trinajstić information content (AvgIpc) is 3.43. The van der Waals surface area contributed by atoms with Crippen molar-refractivity contribution in [2.75, 3.05) is 34.1 Å². The van der Waals surface area contributed by atoms with Gasteiger partial charge >= 0.3 is 12.1 Å². The average molecular weight is 496 g/mol. The molecule has 0 radical (unpaired) electrons. The molecule has 9 heteroatoms. The Morgan fingerprint density at radius 1 is 1.11 bits per heavy atom. The molecule has 2 heterocycles. The lowest BCUT2D eigenvalue weighted by molar-refractivity contribution is -0.137. The van der Waals surface area contributed by atoms with Gasteiger partial charge in [0.2, 0.25) is 6.79 Å². The van der Waals surface area contributed by atoms with Gasteiger partial charge in [-0.15, -0.1) is 0 Å². The summed E-state index contributed by atoms with van der Waals surface area (Å²) in [6, 6.07) is 4.03. The molecule has 3 atom stereocenters. The normalized spacial score (nSPS) is 21.0. The third kappa shape index (κ3) is 7.52. The van der Waals surface area contributed by atoms with Gasteiger partial charge in [-0.1, -0.05) is 34.6 Å². The molecular formula is C26H41NO8. The molecule has 0 spiro atoms. The standard InChI is InChI=1S/C19H23NO6.C3H6O2.2C2H6/c1-3-5-20-6-4-11-7-14-15(25-10-24-14)8-12(11)17-13(20)9-16(23-2)18(17)26-19(21)22;1-3(4)5-2;2*1-2/h7-9,13,17-18H,3-6,10H2,1-2H3,(H,21,22);1-2H3;2*1-2H3. The van der Waals surface area contributed by atoms with Crippen molar-refractivity contribution >= 4 is 12.1 Å². The molecule has 0 aromatic heterocycles. The molecule has 1 aromatic carbocycles. The topological polar surface area (TPSA) is 104 Å². The summed E-state index contributed by atoms with van der Waals surface area (Å²) in [4.78, 5) is 23.3. The minimum Gasteiger partial charge on any atom is -0.497 e. The fourth-order valence-electron chi connectivity index (χ4n) is 4.31. The maximum atomic E-state index is 11.3. The van der Waals surface area contributed by atoms with Gasteiger partial charge in [-0.2, -0.15) is 0 Å². The third-order valence-corrected chi connectivity index (χ3v) is 5.65. The smallest absolute Gasteiger partial charge is 0.497 e. The lowest BCUT2D eigenvalue weighted by Crippen LogP contribution is -2.39. The summed E-state index contributed by atoms with van der Waals surface area (Å²) in [7, 11) is 2.91. The van der Waals surface area contributed by atoms with Crippen LogP contribution in [0.3, 0.4) is 0 Å². The van der Waals surface area contributed by atoms with Gasteiger partial charge in [0.25, 0.3) is 0 Å². The van der Waals surface area contributed by atoms with Gasteiger partial charge in [-0.3, -0.25) is 9.69 Å². The van der Waals surface area contributed by atoms with E-state index in [1.54, 1.807) is 7.11 Å². The van der Waals surface area contributed by atoms with E-state index in [0.29, 0.717) is 11.5 Å². The number of benzene rings is 1. The summed E-state index contributed by atoms with van der Waals surface area (Å²) in [5, 5.41) is 9.26. The third-order valence-electron chi connectivity index (χ3n) is 5.65. The second-order valence-electron chi connectivity index (χ2n) is 7.48. The number of carboxylic acid groups (broad SMARTS) is 1. The second kappa shape index (κ2) is 15.1. The van der Waals surface area contributed by atoms with Crippen LogP contribution in [0.25, 0.3) is 0 Å². The van der Waals surface area contributed by atoms with Gasteiger partial charge in [0.1, 0.15) is 5.76 Å². The summed E-state index contributed by atoms with van der Waals surface area (Å²) in [5.74, 6) is 1.60. The largest absolute Gasteiger partial charge is 0.506 e. The molecule has 35 heavy (non-hydrogen) atoms. The molecule has 1 aromatic rings. The molecule has 0 saturated heterocycles. The Hall–Kier alpha value is -2.94. The van der Waals surface area contributed by atoms with E-state index in [2.05, 4.69) is 16.6 Å². The van der Waals surface area contributed by atoms with Gasteiger partial charge < -0.3 is 28.8 Å². The Morgan fingerprint density at radius 3 is 2.23 bits per heavy atom. The summed E-state index contributed by atoms with van der Waals surface area (Å²) in [6.45, 7) is 13.5. The van der Waals surface area contributed by atoms with E-state index in [-0.39, 0.29) is 24.7 Å². The molecule has 9 nitrogen and oxygen atoms in total. The van der Waals surface area contributed by atoms with Crippen LogP contribution in [-0.4, -0.2) is 68.4 Å². The summed E-state index contributed by atoms with van der Waals surface area (Å²) >= 11 is 0. The lowest BCUT2D eigenvalue weighted by Gasteiger charge is -2.31. The fourth-order valence-corrected chi connectivity index (χ4v) is 4.31. The van der Waals surface area contributed by atoms with E-state index in [9.17, 15) is 14.7 Å². The molecule has 0 saturated carbocycles. The molecule has 4 rings (SSSR count). The van der Waals surface area contributed by atoms with Crippen LogP contribution in [-0.2, 0) is 25.4 Å². The van der Waals surface area contributed by atoms with Gasteiger partial charge in [0, 0.05) is 25.4 Å². The molecule has 0 bridgehead atoms. The number of ether oxygens (including phenoxy) is 5. The monoisotopic (exact) mass is 495 g/mol. The summed E-state index contributed by atoms with van der Waals surface area (Å²) < 4.78 is 25.9. The Kier molecular flexibility index (Phi) is 13.0. The maximum Gasteiger partial charge on any atom is 0.506 e. The van der Waals surface area contributed by atoms with E-state index in [0.717, 1.165) is 42.8 Å². The summed E-state index contributed by atoms with van der Waals surface area (Å²) in [6.07, 6.45) is 1.93. The molecule has 0 fully saturated rings. The number of carbonyl (C=O) groups is 2. The molecule has 198 valence electrons. The highest BCUT2D eigenvalue weighted by molar-refractivity contribution is 5.65. The van der Waals surface area contributed by atoms with E-state index >= 15 is 0 Å². The SMILES string of the molecule is CC.CC.CCCN1CCc2cc3c(cc2C2C(OC(=O)O)C(OC)=CC21)OCO3.COC(C)=O. The van der Waals surface area contributed by atoms with E-state index in [4.69, 9.17) is 18.9 Å². The van der Waals surface area contributed by atoms with Crippen molar-refractivity contribution in [3.8, 4) is 11.5 Å². The van der Waals surface area contributed by atoms with E-state index in [1.165, 1.54) is 14.0 Å². The zero-order valence-electron chi connectivity index (χ0n) is 22.3. The van der Waals surface area contributed by atoms with Crippen molar-refractivity contribution < 1.29 is 38.4 Å². The van der Waals surface area contributed by atoms with Crippen molar-refractivity contribution in [2.24, 2.45) is 0 Å². The van der Waals surface area contributed by atoms with Gasteiger partial charge in [-0.05, 0) is 48.7 Å². The predicted molar refractivity (Wildman–Crippen MR) is 133 cm³/mol. The first-order chi connectivity index (χ1) is 16.9. The fraction of sp³-hybridized carbons (Fsp3) is 0.615. The predicted octanol–water partition coefficient (Wildman–Crippen LogP) is 4.97. The van der Waals surface area contributed by atoms with E-state index < -0.39 is 12.3 Å². The molecular weight excluding hydrogens is 454 g/mol. The molecule has 1 N–H and O–H groups in total. The maximum absolute atomic E-state index is 11.3. The molecule has 0 amide bonds. The molecule has 3 aliphatic rings. The zero-order chi connectivity index (χ0) is 26.5. The molecule has 2 aliphatic heterocycles. The molecule has 1 aliphatic carbocycles. The Labute approximate surface area is 208 Å². The minimum absolute atomic E-state index is 0.0240. The first-order valence-electron chi connectivity index (χ1n) is 12.3. The highest BCUT2D eigenvalue weighted by Crippen LogP contribution is 2.46.